The Balaban J connectivity index is 1.55. The number of hydrogen-bond acceptors (Lipinski definition) is 3. The largest absolute Gasteiger partial charge is 0.448 e. The van der Waals surface area contributed by atoms with Crippen molar-refractivity contribution in [3.8, 4) is 0 Å². The summed E-state index contributed by atoms with van der Waals surface area (Å²) >= 11 is 5.73. The van der Waals surface area contributed by atoms with Gasteiger partial charge in [-0.15, -0.1) is 0 Å². The van der Waals surface area contributed by atoms with Crippen LogP contribution in [0.4, 0.5) is 0 Å². The molecular weight excluding hydrogens is 250 g/mol. The summed E-state index contributed by atoms with van der Waals surface area (Å²) in [5, 5.41) is 3.85. The maximum absolute atomic E-state index is 5.73. The molecular formula is C13H16ClN3O. The second-order valence-electron chi connectivity index (χ2n) is 4.65. The first-order valence-electron chi connectivity index (χ1n) is 6.29. The second kappa shape index (κ2) is 5.16. The van der Waals surface area contributed by atoms with Crippen LogP contribution < -0.4 is 5.32 Å². The Morgan fingerprint density at radius 1 is 1.50 bits per heavy atom. The van der Waals surface area contributed by atoms with Gasteiger partial charge in [0.2, 0.25) is 0 Å². The van der Waals surface area contributed by atoms with E-state index < -0.39 is 0 Å². The Morgan fingerprint density at radius 2 is 2.44 bits per heavy atom. The van der Waals surface area contributed by atoms with Gasteiger partial charge in [-0.3, -0.25) is 0 Å². The summed E-state index contributed by atoms with van der Waals surface area (Å²) in [7, 11) is 0. The van der Waals surface area contributed by atoms with E-state index in [-0.39, 0.29) is 0 Å². The molecule has 5 heteroatoms. The number of aromatic nitrogens is 2. The molecule has 0 bridgehead atoms. The predicted molar refractivity (Wildman–Crippen MR) is 69.6 cm³/mol. The van der Waals surface area contributed by atoms with Gasteiger partial charge in [0.1, 0.15) is 11.6 Å². The smallest absolute Gasteiger partial charge is 0.193 e. The number of fused-ring (bicyclic) bond motifs is 1. The van der Waals surface area contributed by atoms with Crippen LogP contribution in [0.2, 0.25) is 5.22 Å². The number of halogens is 1. The van der Waals surface area contributed by atoms with Crippen molar-refractivity contribution in [3.63, 3.8) is 0 Å². The van der Waals surface area contributed by atoms with Gasteiger partial charge in [0, 0.05) is 31.4 Å². The normalized spacial score (nSPS) is 18.8. The summed E-state index contributed by atoms with van der Waals surface area (Å²) in [6.45, 7) is 2.74. The zero-order valence-electron chi connectivity index (χ0n) is 10.1. The van der Waals surface area contributed by atoms with E-state index >= 15 is 0 Å². The van der Waals surface area contributed by atoms with Crippen LogP contribution >= 0.6 is 11.6 Å². The summed E-state index contributed by atoms with van der Waals surface area (Å²) in [6.07, 6.45) is 6.37. The number of aryl methyl sites for hydroxylation is 1. The highest BCUT2D eigenvalue weighted by molar-refractivity contribution is 6.28. The summed E-state index contributed by atoms with van der Waals surface area (Å²) in [5.41, 5.74) is 0. The lowest BCUT2D eigenvalue weighted by Crippen LogP contribution is -2.26. The first-order chi connectivity index (χ1) is 8.83. The lowest BCUT2D eigenvalue weighted by atomic mass is 9.99. The number of furan rings is 1. The standard InChI is InChI=1S/C13H16ClN3O/c14-12-4-3-11(18-12)9-15-8-10-2-1-6-17-7-5-16-13(10)17/h3-5,7,10,15H,1-2,6,8-9H2/t10-/m0/s1. The molecule has 3 rings (SSSR count). The lowest BCUT2D eigenvalue weighted by Gasteiger charge is -2.23. The van der Waals surface area contributed by atoms with E-state index in [4.69, 9.17) is 16.0 Å². The van der Waals surface area contributed by atoms with E-state index in [0.29, 0.717) is 17.7 Å². The van der Waals surface area contributed by atoms with Crippen LogP contribution in [0.1, 0.15) is 30.3 Å². The lowest BCUT2D eigenvalue weighted by molar-refractivity contribution is 0.410. The Hall–Kier alpha value is -1.26. The van der Waals surface area contributed by atoms with Crippen molar-refractivity contribution >= 4 is 11.6 Å². The molecule has 1 aliphatic heterocycles. The Morgan fingerprint density at radius 3 is 3.28 bits per heavy atom. The Labute approximate surface area is 111 Å². The third kappa shape index (κ3) is 2.44. The average Bonchev–Trinajstić information content (AvgIpc) is 2.98. The average molecular weight is 266 g/mol. The highest BCUT2D eigenvalue weighted by Crippen LogP contribution is 2.24. The molecule has 96 valence electrons. The fourth-order valence-corrected chi connectivity index (χ4v) is 2.68. The van der Waals surface area contributed by atoms with Crippen molar-refractivity contribution in [3.05, 3.63) is 41.3 Å². The van der Waals surface area contributed by atoms with Crippen molar-refractivity contribution in [2.45, 2.75) is 31.8 Å². The topological polar surface area (TPSA) is 43.0 Å². The Kier molecular flexibility index (Phi) is 3.39. The van der Waals surface area contributed by atoms with Crippen molar-refractivity contribution in [1.82, 2.24) is 14.9 Å². The molecule has 0 aliphatic carbocycles. The van der Waals surface area contributed by atoms with Gasteiger partial charge in [0.15, 0.2) is 5.22 Å². The summed E-state index contributed by atoms with van der Waals surface area (Å²) in [6, 6.07) is 3.67. The van der Waals surface area contributed by atoms with Gasteiger partial charge in [0.05, 0.1) is 6.54 Å². The van der Waals surface area contributed by atoms with Crippen LogP contribution in [0, 0.1) is 0 Å². The van der Waals surface area contributed by atoms with E-state index in [9.17, 15) is 0 Å². The van der Waals surface area contributed by atoms with E-state index in [1.165, 1.54) is 18.7 Å². The minimum Gasteiger partial charge on any atom is -0.448 e. The third-order valence-electron chi connectivity index (χ3n) is 3.38. The monoisotopic (exact) mass is 265 g/mol. The van der Waals surface area contributed by atoms with Crippen molar-refractivity contribution < 1.29 is 4.42 Å². The highest BCUT2D eigenvalue weighted by atomic mass is 35.5. The molecule has 4 nitrogen and oxygen atoms in total. The molecule has 0 unspecified atom stereocenters. The number of nitrogens with zero attached hydrogens (tertiary/aromatic N) is 2. The third-order valence-corrected chi connectivity index (χ3v) is 3.59. The zero-order chi connectivity index (χ0) is 12.4. The molecule has 2 aromatic rings. The van der Waals surface area contributed by atoms with Crippen LogP contribution in [0.5, 0.6) is 0 Å². The molecule has 0 amide bonds. The maximum atomic E-state index is 5.73. The maximum Gasteiger partial charge on any atom is 0.193 e. The van der Waals surface area contributed by atoms with E-state index in [2.05, 4.69) is 21.1 Å². The Bertz CT molecular complexity index is 520. The fourth-order valence-electron chi connectivity index (χ4n) is 2.52. The quantitative estimate of drug-likeness (QED) is 0.924. The van der Waals surface area contributed by atoms with Gasteiger partial charge in [-0.25, -0.2) is 4.98 Å². The summed E-state index contributed by atoms with van der Waals surface area (Å²) in [4.78, 5) is 4.45. The van der Waals surface area contributed by atoms with Gasteiger partial charge in [-0.1, -0.05) is 0 Å². The van der Waals surface area contributed by atoms with Gasteiger partial charge < -0.3 is 14.3 Å². The molecule has 0 saturated carbocycles. The molecule has 18 heavy (non-hydrogen) atoms. The molecule has 1 N–H and O–H groups in total. The predicted octanol–water partition coefficient (Wildman–Crippen LogP) is 2.80. The summed E-state index contributed by atoms with van der Waals surface area (Å²) in [5.74, 6) is 2.57. The van der Waals surface area contributed by atoms with Crippen molar-refractivity contribution in [2.24, 2.45) is 0 Å². The molecule has 0 spiro atoms. The van der Waals surface area contributed by atoms with E-state index in [1.54, 1.807) is 6.07 Å². The molecule has 2 aromatic heterocycles. The molecule has 3 heterocycles. The van der Waals surface area contributed by atoms with Crippen LogP contribution in [-0.2, 0) is 13.1 Å². The van der Waals surface area contributed by atoms with Crippen LogP contribution in [0.25, 0.3) is 0 Å². The molecule has 1 aliphatic rings. The van der Waals surface area contributed by atoms with Gasteiger partial charge >= 0.3 is 0 Å². The van der Waals surface area contributed by atoms with E-state index in [1.807, 2.05) is 12.3 Å². The van der Waals surface area contributed by atoms with Gasteiger partial charge in [0.25, 0.3) is 0 Å². The molecule has 0 aromatic carbocycles. The van der Waals surface area contributed by atoms with E-state index in [0.717, 1.165) is 18.8 Å². The molecule has 0 fully saturated rings. The number of hydrogen-bond donors (Lipinski definition) is 1. The number of rotatable bonds is 4. The highest BCUT2D eigenvalue weighted by Gasteiger charge is 2.20. The second-order valence-corrected chi connectivity index (χ2v) is 5.03. The van der Waals surface area contributed by atoms with Crippen LogP contribution in [0.3, 0.4) is 0 Å². The number of imidazole rings is 1. The minimum absolute atomic E-state index is 0.444. The molecule has 0 saturated heterocycles. The fraction of sp³-hybridized carbons (Fsp3) is 0.462. The van der Waals surface area contributed by atoms with Gasteiger partial charge in [-0.05, 0) is 36.6 Å². The minimum atomic E-state index is 0.444. The SMILES string of the molecule is Clc1ccc(CNC[C@@H]2CCCn3ccnc32)o1. The molecule has 0 radical (unpaired) electrons. The number of nitrogens with one attached hydrogen (secondary N) is 1. The van der Waals surface area contributed by atoms with Crippen molar-refractivity contribution in [2.75, 3.05) is 6.54 Å². The first kappa shape index (κ1) is 11.8. The first-order valence-corrected chi connectivity index (χ1v) is 6.66. The molecule has 1 atom stereocenters. The summed E-state index contributed by atoms with van der Waals surface area (Å²) < 4.78 is 7.56. The van der Waals surface area contributed by atoms with Crippen molar-refractivity contribution in [1.29, 1.82) is 0 Å². The van der Waals surface area contributed by atoms with Crippen LogP contribution in [0.15, 0.2) is 28.9 Å². The van der Waals surface area contributed by atoms with Gasteiger partial charge in [-0.2, -0.15) is 0 Å². The van der Waals surface area contributed by atoms with Crippen LogP contribution in [-0.4, -0.2) is 16.1 Å². The zero-order valence-corrected chi connectivity index (χ0v) is 10.9.